The Balaban J connectivity index is 0.00000144. The number of halogens is 2. The van der Waals surface area contributed by atoms with E-state index in [0.29, 0.717) is 0 Å². The number of carbonyl (C=O) groups excluding carboxylic acids is 1. The molecule has 1 aliphatic rings. The Hall–Kier alpha value is -0.840. The fourth-order valence-corrected chi connectivity index (χ4v) is 1.93. The number of hydrogen-bond donors (Lipinski definition) is 2. The molecule has 0 radical (unpaired) electrons. The minimum Gasteiger partial charge on any atom is -0.323 e. The van der Waals surface area contributed by atoms with Crippen molar-refractivity contribution >= 4 is 36.4 Å². The lowest BCUT2D eigenvalue weighted by Crippen LogP contribution is -2.43. The van der Waals surface area contributed by atoms with Gasteiger partial charge in [0.25, 0.3) is 0 Å². The van der Waals surface area contributed by atoms with Crippen LogP contribution in [0.1, 0.15) is 24.8 Å². The summed E-state index contributed by atoms with van der Waals surface area (Å²) < 4.78 is 0. The first-order valence-electron chi connectivity index (χ1n) is 5.71. The van der Waals surface area contributed by atoms with E-state index in [0.717, 1.165) is 37.1 Å². The van der Waals surface area contributed by atoms with Gasteiger partial charge in [-0.25, -0.2) is 0 Å². The highest BCUT2D eigenvalue weighted by Crippen LogP contribution is 2.11. The van der Waals surface area contributed by atoms with E-state index in [-0.39, 0.29) is 36.8 Å². The van der Waals surface area contributed by atoms with Crippen molar-refractivity contribution in [1.82, 2.24) is 10.3 Å². The van der Waals surface area contributed by atoms with Gasteiger partial charge in [-0.3, -0.25) is 9.78 Å². The Morgan fingerprint density at radius 3 is 2.78 bits per heavy atom. The van der Waals surface area contributed by atoms with Crippen molar-refractivity contribution in [1.29, 1.82) is 0 Å². The third kappa shape index (κ3) is 4.80. The summed E-state index contributed by atoms with van der Waals surface area (Å²) in [5, 5.41) is 6.11. The van der Waals surface area contributed by atoms with Gasteiger partial charge in [0, 0.05) is 6.20 Å². The SMILES string of the molecule is Cc1cncc(NC(=O)[C@H]2CCCCN2)c1.Cl.Cl. The smallest absolute Gasteiger partial charge is 0.241 e. The molecule has 1 atom stereocenters. The second-order valence-corrected chi connectivity index (χ2v) is 4.24. The molecular formula is C12H19Cl2N3O. The molecule has 0 saturated carbocycles. The maximum absolute atomic E-state index is 11.9. The third-order valence-electron chi connectivity index (χ3n) is 2.77. The molecule has 6 heteroatoms. The lowest BCUT2D eigenvalue weighted by Gasteiger charge is -2.22. The van der Waals surface area contributed by atoms with Gasteiger partial charge in [0.05, 0.1) is 17.9 Å². The molecule has 0 aliphatic carbocycles. The minimum atomic E-state index is -0.0470. The number of anilines is 1. The summed E-state index contributed by atoms with van der Waals surface area (Å²) in [4.78, 5) is 15.9. The number of aromatic nitrogens is 1. The Kier molecular flexibility index (Phi) is 7.91. The predicted molar refractivity (Wildman–Crippen MR) is 77.7 cm³/mol. The number of rotatable bonds is 2. The highest BCUT2D eigenvalue weighted by molar-refractivity contribution is 5.94. The van der Waals surface area contributed by atoms with Crippen molar-refractivity contribution in [2.75, 3.05) is 11.9 Å². The number of aryl methyl sites for hydroxylation is 1. The predicted octanol–water partition coefficient (Wildman–Crippen LogP) is 2.31. The maximum Gasteiger partial charge on any atom is 0.241 e. The number of carbonyl (C=O) groups is 1. The van der Waals surface area contributed by atoms with Crippen molar-refractivity contribution in [2.24, 2.45) is 0 Å². The first-order valence-corrected chi connectivity index (χ1v) is 5.71. The van der Waals surface area contributed by atoms with Crippen molar-refractivity contribution in [3.8, 4) is 0 Å². The number of pyridine rings is 1. The summed E-state index contributed by atoms with van der Waals surface area (Å²) in [6.45, 7) is 2.89. The molecule has 0 spiro atoms. The van der Waals surface area contributed by atoms with Gasteiger partial charge in [0.1, 0.15) is 0 Å². The van der Waals surface area contributed by atoms with E-state index >= 15 is 0 Å². The van der Waals surface area contributed by atoms with E-state index in [2.05, 4.69) is 15.6 Å². The van der Waals surface area contributed by atoms with Crippen molar-refractivity contribution in [3.05, 3.63) is 24.0 Å². The molecule has 0 aromatic carbocycles. The third-order valence-corrected chi connectivity index (χ3v) is 2.77. The molecule has 2 rings (SSSR count). The van der Waals surface area contributed by atoms with E-state index < -0.39 is 0 Å². The second-order valence-electron chi connectivity index (χ2n) is 4.24. The van der Waals surface area contributed by atoms with Gasteiger partial charge in [-0.05, 0) is 37.9 Å². The molecule has 2 N–H and O–H groups in total. The zero-order valence-corrected chi connectivity index (χ0v) is 11.9. The van der Waals surface area contributed by atoms with Crippen LogP contribution in [0.4, 0.5) is 5.69 Å². The van der Waals surface area contributed by atoms with Crippen LogP contribution in [0.25, 0.3) is 0 Å². The van der Waals surface area contributed by atoms with Crippen molar-refractivity contribution in [2.45, 2.75) is 32.2 Å². The van der Waals surface area contributed by atoms with Gasteiger partial charge < -0.3 is 10.6 Å². The van der Waals surface area contributed by atoms with Gasteiger partial charge >= 0.3 is 0 Å². The largest absolute Gasteiger partial charge is 0.323 e. The Morgan fingerprint density at radius 2 is 2.17 bits per heavy atom. The molecular weight excluding hydrogens is 273 g/mol. The zero-order chi connectivity index (χ0) is 11.4. The van der Waals surface area contributed by atoms with Gasteiger partial charge in [-0.1, -0.05) is 6.42 Å². The van der Waals surface area contributed by atoms with Crippen LogP contribution < -0.4 is 10.6 Å². The van der Waals surface area contributed by atoms with E-state index in [1.807, 2.05) is 13.0 Å². The molecule has 1 amide bonds. The summed E-state index contributed by atoms with van der Waals surface area (Å²) in [6.07, 6.45) is 6.65. The number of nitrogens with one attached hydrogen (secondary N) is 2. The molecule has 1 fully saturated rings. The van der Waals surface area contributed by atoms with Crippen molar-refractivity contribution in [3.63, 3.8) is 0 Å². The second kappa shape index (κ2) is 8.29. The lowest BCUT2D eigenvalue weighted by molar-refractivity contribution is -0.118. The van der Waals surface area contributed by atoms with Gasteiger partial charge in [-0.15, -0.1) is 24.8 Å². The Bertz CT molecular complexity index is 381. The van der Waals surface area contributed by atoms with Crippen LogP contribution >= 0.6 is 24.8 Å². The maximum atomic E-state index is 11.9. The van der Waals surface area contributed by atoms with Crippen LogP contribution in [0.2, 0.25) is 0 Å². The van der Waals surface area contributed by atoms with E-state index in [9.17, 15) is 4.79 Å². The zero-order valence-electron chi connectivity index (χ0n) is 10.3. The highest BCUT2D eigenvalue weighted by Gasteiger charge is 2.20. The summed E-state index contributed by atoms with van der Waals surface area (Å²) in [6, 6.07) is 1.88. The molecule has 2 heterocycles. The summed E-state index contributed by atoms with van der Waals surface area (Å²) in [7, 11) is 0. The van der Waals surface area contributed by atoms with Crippen LogP contribution in [-0.2, 0) is 4.79 Å². The molecule has 1 saturated heterocycles. The van der Waals surface area contributed by atoms with E-state index in [4.69, 9.17) is 0 Å². The molecule has 0 bridgehead atoms. The van der Waals surface area contributed by atoms with Crippen LogP contribution in [-0.4, -0.2) is 23.5 Å². The molecule has 1 aromatic rings. The van der Waals surface area contributed by atoms with Crippen LogP contribution in [0.15, 0.2) is 18.5 Å². The van der Waals surface area contributed by atoms with Gasteiger partial charge in [0.15, 0.2) is 0 Å². The van der Waals surface area contributed by atoms with Gasteiger partial charge in [0.2, 0.25) is 5.91 Å². The molecule has 1 aromatic heterocycles. The van der Waals surface area contributed by atoms with E-state index in [1.165, 1.54) is 0 Å². The number of amides is 1. The van der Waals surface area contributed by atoms with Crippen LogP contribution in [0.5, 0.6) is 0 Å². The average molecular weight is 292 g/mol. The van der Waals surface area contributed by atoms with Gasteiger partial charge in [-0.2, -0.15) is 0 Å². The first-order chi connectivity index (χ1) is 7.75. The molecule has 4 nitrogen and oxygen atoms in total. The first kappa shape index (κ1) is 17.2. The molecule has 1 aliphatic heterocycles. The van der Waals surface area contributed by atoms with Crippen LogP contribution in [0, 0.1) is 6.92 Å². The fourth-order valence-electron chi connectivity index (χ4n) is 1.93. The fraction of sp³-hybridized carbons (Fsp3) is 0.500. The standard InChI is InChI=1S/C12H17N3O.2ClH/c1-9-6-10(8-13-7-9)15-12(16)11-4-2-3-5-14-11;;/h6-8,11,14H,2-5H2,1H3,(H,15,16);2*1H/t11-;;/m1../s1. The Morgan fingerprint density at radius 1 is 1.39 bits per heavy atom. The quantitative estimate of drug-likeness (QED) is 0.879. The number of piperidine rings is 1. The summed E-state index contributed by atoms with van der Waals surface area (Å²) >= 11 is 0. The average Bonchev–Trinajstić information content (AvgIpc) is 2.30. The minimum absolute atomic E-state index is 0. The topological polar surface area (TPSA) is 54.0 Å². The number of hydrogen-bond acceptors (Lipinski definition) is 3. The lowest BCUT2D eigenvalue weighted by atomic mass is 10.0. The van der Waals surface area contributed by atoms with Crippen molar-refractivity contribution < 1.29 is 4.79 Å². The summed E-state index contributed by atoms with van der Waals surface area (Å²) in [5.41, 5.74) is 1.83. The monoisotopic (exact) mass is 291 g/mol. The van der Waals surface area contributed by atoms with E-state index in [1.54, 1.807) is 12.4 Å². The normalized spacial score (nSPS) is 18.2. The summed E-state index contributed by atoms with van der Waals surface area (Å²) in [5.74, 6) is 0.0482. The highest BCUT2D eigenvalue weighted by atomic mass is 35.5. The molecule has 0 unspecified atom stereocenters. The number of nitrogens with zero attached hydrogens (tertiary/aromatic N) is 1. The Labute approximate surface area is 120 Å². The molecule has 102 valence electrons. The molecule has 18 heavy (non-hydrogen) atoms. The van der Waals surface area contributed by atoms with Crippen LogP contribution in [0.3, 0.4) is 0 Å².